The zero-order chi connectivity index (χ0) is 18.0. The SMILES string of the molecule is O=S(=O)(Cc1cc(F)ccc1Cl)N[C@H](c1ccccn1)C1CC(O)C1. The van der Waals surface area contributed by atoms with E-state index in [-0.39, 0.29) is 16.5 Å². The number of nitrogens with one attached hydrogen (secondary N) is 1. The number of aliphatic hydroxyl groups is 1. The Balaban J connectivity index is 1.81. The van der Waals surface area contributed by atoms with E-state index >= 15 is 0 Å². The summed E-state index contributed by atoms with van der Waals surface area (Å²) in [6.45, 7) is 0. The number of halogens is 2. The standard InChI is InChI=1S/C17H18ClFN2O3S/c18-15-5-4-13(19)7-12(15)10-25(23,24)21-17(11-8-14(22)9-11)16-3-1-2-6-20-16/h1-7,11,14,17,21-22H,8-10H2/t11?,14?,17-/m0/s1. The fourth-order valence-corrected chi connectivity index (χ4v) is 4.65. The second-order valence-electron chi connectivity index (χ2n) is 6.23. The van der Waals surface area contributed by atoms with Crippen molar-refractivity contribution in [2.45, 2.75) is 30.7 Å². The Labute approximate surface area is 150 Å². The lowest BCUT2D eigenvalue weighted by Gasteiger charge is -2.37. The van der Waals surface area contributed by atoms with Crippen molar-refractivity contribution in [1.29, 1.82) is 0 Å². The molecule has 3 rings (SSSR count). The molecule has 0 bridgehead atoms. The van der Waals surface area contributed by atoms with E-state index in [1.54, 1.807) is 24.4 Å². The Morgan fingerprint density at radius 3 is 2.72 bits per heavy atom. The second kappa shape index (κ2) is 7.37. The van der Waals surface area contributed by atoms with Gasteiger partial charge in [-0.15, -0.1) is 0 Å². The lowest BCUT2D eigenvalue weighted by Crippen LogP contribution is -2.42. The third-order valence-electron chi connectivity index (χ3n) is 4.29. The number of nitrogens with zero attached hydrogens (tertiary/aromatic N) is 1. The Morgan fingerprint density at radius 1 is 1.32 bits per heavy atom. The predicted molar refractivity (Wildman–Crippen MR) is 92.9 cm³/mol. The van der Waals surface area contributed by atoms with Crippen LogP contribution in [0.2, 0.25) is 5.02 Å². The molecule has 1 heterocycles. The van der Waals surface area contributed by atoms with Gasteiger partial charge in [-0.2, -0.15) is 0 Å². The molecular weight excluding hydrogens is 367 g/mol. The first kappa shape index (κ1) is 18.3. The molecule has 1 aromatic carbocycles. The Kier molecular flexibility index (Phi) is 5.38. The molecule has 1 atom stereocenters. The molecule has 0 spiro atoms. The quantitative estimate of drug-likeness (QED) is 0.802. The first-order valence-corrected chi connectivity index (χ1v) is 9.90. The normalized spacial score (nSPS) is 21.6. The molecule has 0 radical (unpaired) electrons. The highest BCUT2D eigenvalue weighted by Crippen LogP contribution is 2.38. The Morgan fingerprint density at radius 2 is 2.08 bits per heavy atom. The van der Waals surface area contributed by atoms with Crippen LogP contribution < -0.4 is 4.72 Å². The van der Waals surface area contributed by atoms with Gasteiger partial charge in [0, 0.05) is 11.2 Å². The minimum absolute atomic E-state index is 0.0392. The lowest BCUT2D eigenvalue weighted by atomic mass is 9.76. The van der Waals surface area contributed by atoms with Gasteiger partial charge >= 0.3 is 0 Å². The minimum Gasteiger partial charge on any atom is -0.393 e. The molecule has 0 unspecified atom stereocenters. The van der Waals surface area contributed by atoms with Crippen molar-refractivity contribution in [3.05, 3.63) is 64.7 Å². The van der Waals surface area contributed by atoms with Gasteiger partial charge < -0.3 is 5.11 Å². The molecule has 134 valence electrons. The molecule has 2 aromatic rings. The fraction of sp³-hybridized carbons (Fsp3) is 0.353. The molecule has 0 saturated heterocycles. The average Bonchev–Trinajstić information content (AvgIpc) is 2.54. The summed E-state index contributed by atoms with van der Waals surface area (Å²) in [6.07, 6.45) is 2.18. The van der Waals surface area contributed by atoms with Crippen molar-refractivity contribution in [2.75, 3.05) is 0 Å². The smallest absolute Gasteiger partial charge is 0.216 e. The van der Waals surface area contributed by atoms with Crippen LogP contribution in [-0.4, -0.2) is 24.6 Å². The van der Waals surface area contributed by atoms with Crippen LogP contribution in [-0.2, 0) is 15.8 Å². The summed E-state index contributed by atoms with van der Waals surface area (Å²) in [5.74, 6) is -1.01. The maximum Gasteiger partial charge on any atom is 0.216 e. The van der Waals surface area contributed by atoms with Gasteiger partial charge in [-0.1, -0.05) is 17.7 Å². The highest BCUT2D eigenvalue weighted by molar-refractivity contribution is 7.88. The molecule has 1 aromatic heterocycles. The molecule has 5 nitrogen and oxygen atoms in total. The Bertz CT molecular complexity index is 842. The molecule has 1 aliphatic rings. The van der Waals surface area contributed by atoms with Crippen molar-refractivity contribution >= 4 is 21.6 Å². The van der Waals surface area contributed by atoms with Gasteiger partial charge in [-0.05, 0) is 54.7 Å². The lowest BCUT2D eigenvalue weighted by molar-refractivity contribution is 0.0273. The van der Waals surface area contributed by atoms with Gasteiger partial charge in [0.15, 0.2) is 0 Å². The summed E-state index contributed by atoms with van der Waals surface area (Å²) in [4.78, 5) is 4.24. The number of sulfonamides is 1. The van der Waals surface area contributed by atoms with Crippen LogP contribution in [0.3, 0.4) is 0 Å². The van der Waals surface area contributed by atoms with Crippen LogP contribution in [0.4, 0.5) is 4.39 Å². The zero-order valence-corrected chi connectivity index (χ0v) is 14.8. The number of aliphatic hydroxyl groups excluding tert-OH is 1. The average molecular weight is 385 g/mol. The molecule has 1 saturated carbocycles. The van der Waals surface area contributed by atoms with Gasteiger partial charge in [0.2, 0.25) is 10.0 Å². The summed E-state index contributed by atoms with van der Waals surface area (Å²) < 4.78 is 41.2. The minimum atomic E-state index is -3.78. The van der Waals surface area contributed by atoms with Crippen molar-refractivity contribution in [2.24, 2.45) is 5.92 Å². The highest BCUT2D eigenvalue weighted by atomic mass is 35.5. The molecule has 0 aliphatic heterocycles. The van der Waals surface area contributed by atoms with Crippen molar-refractivity contribution in [1.82, 2.24) is 9.71 Å². The van der Waals surface area contributed by atoms with Gasteiger partial charge in [-0.3, -0.25) is 4.98 Å². The van der Waals surface area contributed by atoms with E-state index in [0.29, 0.717) is 18.5 Å². The maximum absolute atomic E-state index is 13.4. The topological polar surface area (TPSA) is 79.3 Å². The molecule has 8 heteroatoms. The molecule has 1 fully saturated rings. The molecule has 25 heavy (non-hydrogen) atoms. The van der Waals surface area contributed by atoms with E-state index < -0.39 is 33.7 Å². The first-order valence-electron chi connectivity index (χ1n) is 7.87. The highest BCUT2D eigenvalue weighted by Gasteiger charge is 2.37. The fourth-order valence-electron chi connectivity index (χ4n) is 2.95. The Hall–Kier alpha value is -1.54. The number of hydrogen-bond donors (Lipinski definition) is 2. The van der Waals surface area contributed by atoms with E-state index in [0.717, 1.165) is 6.07 Å². The van der Waals surface area contributed by atoms with Gasteiger partial charge in [0.05, 0.1) is 23.6 Å². The van der Waals surface area contributed by atoms with Crippen LogP contribution in [0.5, 0.6) is 0 Å². The van der Waals surface area contributed by atoms with Gasteiger partial charge in [0.25, 0.3) is 0 Å². The summed E-state index contributed by atoms with van der Waals surface area (Å²) >= 11 is 5.97. The van der Waals surface area contributed by atoms with Crippen LogP contribution in [0.25, 0.3) is 0 Å². The molecular formula is C17H18ClFN2O3S. The number of benzene rings is 1. The van der Waals surface area contributed by atoms with E-state index in [9.17, 15) is 17.9 Å². The van der Waals surface area contributed by atoms with Gasteiger partial charge in [-0.25, -0.2) is 17.5 Å². The predicted octanol–water partition coefficient (Wildman–Crippen LogP) is 2.81. The number of rotatable bonds is 6. The van der Waals surface area contributed by atoms with Gasteiger partial charge in [0.1, 0.15) is 5.82 Å². The van der Waals surface area contributed by atoms with E-state index in [1.165, 1.54) is 12.1 Å². The van der Waals surface area contributed by atoms with E-state index in [2.05, 4.69) is 9.71 Å². The molecule has 1 aliphatic carbocycles. The van der Waals surface area contributed by atoms with Crippen LogP contribution >= 0.6 is 11.6 Å². The number of pyridine rings is 1. The molecule has 2 N–H and O–H groups in total. The number of aromatic nitrogens is 1. The largest absolute Gasteiger partial charge is 0.393 e. The maximum atomic E-state index is 13.4. The zero-order valence-electron chi connectivity index (χ0n) is 13.3. The van der Waals surface area contributed by atoms with Crippen molar-refractivity contribution in [3.8, 4) is 0 Å². The first-order chi connectivity index (χ1) is 11.8. The number of hydrogen-bond acceptors (Lipinski definition) is 4. The summed E-state index contributed by atoms with van der Waals surface area (Å²) in [6, 6.07) is 8.36. The van der Waals surface area contributed by atoms with Crippen molar-refractivity contribution < 1.29 is 17.9 Å². The van der Waals surface area contributed by atoms with E-state index in [4.69, 9.17) is 11.6 Å². The van der Waals surface area contributed by atoms with Crippen LogP contribution in [0.15, 0.2) is 42.6 Å². The van der Waals surface area contributed by atoms with Crippen LogP contribution in [0.1, 0.15) is 30.1 Å². The molecule has 0 amide bonds. The van der Waals surface area contributed by atoms with Crippen molar-refractivity contribution in [3.63, 3.8) is 0 Å². The third-order valence-corrected chi connectivity index (χ3v) is 5.96. The monoisotopic (exact) mass is 384 g/mol. The van der Waals surface area contributed by atoms with E-state index in [1.807, 2.05) is 0 Å². The summed E-state index contributed by atoms with van der Waals surface area (Å²) in [7, 11) is -3.78. The summed E-state index contributed by atoms with van der Waals surface area (Å²) in [5.41, 5.74) is 0.788. The van der Waals surface area contributed by atoms with Crippen LogP contribution in [0, 0.1) is 11.7 Å². The summed E-state index contributed by atoms with van der Waals surface area (Å²) in [5, 5.41) is 9.75. The second-order valence-corrected chi connectivity index (χ2v) is 8.39. The third kappa shape index (κ3) is 4.55.